The van der Waals surface area contributed by atoms with Gasteiger partial charge in [0, 0.05) is 22.4 Å². The summed E-state index contributed by atoms with van der Waals surface area (Å²) in [6.07, 6.45) is 4.03. The minimum Gasteiger partial charge on any atom is -0.271 e. The third kappa shape index (κ3) is 3.59. The number of hydrazine groups is 1. The fourth-order valence-corrected chi connectivity index (χ4v) is 2.39. The molecular weight excluding hydrogens is 309 g/mol. The van der Waals surface area contributed by atoms with Crippen LogP contribution in [0.15, 0.2) is 41.1 Å². The van der Waals surface area contributed by atoms with Crippen molar-refractivity contribution < 1.29 is 4.39 Å². The topological polar surface area (TPSA) is 50.9 Å². The number of halogens is 2. The van der Waals surface area contributed by atoms with Crippen LogP contribution in [0, 0.1) is 12.7 Å². The highest BCUT2D eigenvalue weighted by Crippen LogP contribution is 2.22. The second kappa shape index (κ2) is 6.23. The summed E-state index contributed by atoms with van der Waals surface area (Å²) in [5.74, 6) is 5.30. The summed E-state index contributed by atoms with van der Waals surface area (Å²) in [5.41, 5.74) is 5.10. The number of nitrogens with zero attached hydrogens (tertiary/aromatic N) is 1. The maximum absolute atomic E-state index is 13.9. The van der Waals surface area contributed by atoms with Crippen LogP contribution in [0.5, 0.6) is 0 Å². The van der Waals surface area contributed by atoms with E-state index in [0.29, 0.717) is 12.0 Å². The van der Waals surface area contributed by atoms with Crippen molar-refractivity contribution in [2.24, 2.45) is 5.84 Å². The third-order valence-electron chi connectivity index (χ3n) is 2.93. The van der Waals surface area contributed by atoms with E-state index in [4.69, 9.17) is 5.84 Å². The fourth-order valence-electron chi connectivity index (χ4n) is 1.98. The molecule has 2 aromatic rings. The molecule has 100 valence electrons. The molecule has 2 rings (SSSR count). The summed E-state index contributed by atoms with van der Waals surface area (Å²) in [6.45, 7) is 1.86. The monoisotopic (exact) mass is 323 g/mol. The summed E-state index contributed by atoms with van der Waals surface area (Å²) in [7, 11) is 0. The lowest BCUT2D eigenvalue weighted by Gasteiger charge is -2.17. The van der Waals surface area contributed by atoms with Gasteiger partial charge in [0.1, 0.15) is 5.82 Å². The number of nitrogens with one attached hydrogen (secondary N) is 1. The van der Waals surface area contributed by atoms with Crippen LogP contribution in [0.25, 0.3) is 0 Å². The number of hydrogen-bond donors (Lipinski definition) is 2. The average molecular weight is 324 g/mol. The second-order valence-corrected chi connectivity index (χ2v) is 5.38. The van der Waals surface area contributed by atoms with Crippen molar-refractivity contribution in [3.05, 3.63) is 63.6 Å². The van der Waals surface area contributed by atoms with Gasteiger partial charge in [-0.2, -0.15) is 0 Å². The summed E-state index contributed by atoms with van der Waals surface area (Å²) in [6, 6.07) is 6.82. The van der Waals surface area contributed by atoms with Gasteiger partial charge in [-0.15, -0.1) is 0 Å². The van der Waals surface area contributed by atoms with E-state index >= 15 is 0 Å². The number of nitrogens with two attached hydrogens (primary N) is 1. The molecular formula is C14H15BrFN3. The van der Waals surface area contributed by atoms with Crippen molar-refractivity contribution in [2.45, 2.75) is 19.4 Å². The Balaban J connectivity index is 2.25. The molecule has 0 saturated carbocycles. The van der Waals surface area contributed by atoms with Gasteiger partial charge in [0.05, 0.1) is 6.04 Å². The number of pyridine rings is 1. The van der Waals surface area contributed by atoms with Crippen LogP contribution < -0.4 is 11.3 Å². The van der Waals surface area contributed by atoms with E-state index < -0.39 is 0 Å². The first-order chi connectivity index (χ1) is 9.10. The Morgan fingerprint density at radius 1 is 1.37 bits per heavy atom. The predicted octanol–water partition coefficient (Wildman–Crippen LogP) is 3.04. The zero-order valence-corrected chi connectivity index (χ0v) is 12.1. The van der Waals surface area contributed by atoms with Crippen LogP contribution in [0.3, 0.4) is 0 Å². The van der Waals surface area contributed by atoms with Gasteiger partial charge in [-0.3, -0.25) is 16.3 Å². The second-order valence-electron chi connectivity index (χ2n) is 4.46. The molecule has 5 heteroatoms. The highest BCUT2D eigenvalue weighted by Gasteiger charge is 2.15. The normalized spacial score (nSPS) is 12.4. The van der Waals surface area contributed by atoms with E-state index in [1.165, 1.54) is 6.07 Å². The number of hydrogen-bond acceptors (Lipinski definition) is 3. The number of rotatable bonds is 4. The van der Waals surface area contributed by atoms with Gasteiger partial charge in [-0.05, 0) is 52.5 Å². The van der Waals surface area contributed by atoms with Gasteiger partial charge in [0.2, 0.25) is 0 Å². The molecule has 19 heavy (non-hydrogen) atoms. The molecule has 0 spiro atoms. The first-order valence-corrected chi connectivity index (χ1v) is 6.71. The molecule has 0 saturated heterocycles. The molecule has 0 aliphatic rings. The van der Waals surface area contributed by atoms with Gasteiger partial charge in [0.25, 0.3) is 0 Å². The van der Waals surface area contributed by atoms with E-state index in [2.05, 4.69) is 26.3 Å². The average Bonchev–Trinajstić information content (AvgIpc) is 2.37. The maximum atomic E-state index is 13.9. The van der Waals surface area contributed by atoms with Crippen LogP contribution in [-0.4, -0.2) is 4.98 Å². The van der Waals surface area contributed by atoms with E-state index in [0.717, 1.165) is 15.6 Å². The van der Waals surface area contributed by atoms with Crippen molar-refractivity contribution in [1.82, 2.24) is 10.4 Å². The smallest absolute Gasteiger partial charge is 0.128 e. The molecule has 0 bridgehead atoms. The standard InChI is InChI=1S/C14H15BrFN3/c1-9-2-3-12(13(16)4-9)14(19-17)6-10-5-11(15)8-18-7-10/h2-5,7-8,14,19H,6,17H2,1H3. The highest BCUT2D eigenvalue weighted by atomic mass is 79.9. The SMILES string of the molecule is Cc1ccc(C(Cc2cncc(Br)c2)NN)c(F)c1. The van der Waals surface area contributed by atoms with Crippen molar-refractivity contribution >= 4 is 15.9 Å². The maximum Gasteiger partial charge on any atom is 0.128 e. The summed E-state index contributed by atoms with van der Waals surface area (Å²) >= 11 is 3.37. The van der Waals surface area contributed by atoms with Crippen LogP contribution >= 0.6 is 15.9 Å². The van der Waals surface area contributed by atoms with Gasteiger partial charge in [-0.1, -0.05) is 12.1 Å². The van der Waals surface area contributed by atoms with Crippen LogP contribution in [0.2, 0.25) is 0 Å². The van der Waals surface area contributed by atoms with Crippen molar-refractivity contribution in [1.29, 1.82) is 0 Å². The van der Waals surface area contributed by atoms with Crippen LogP contribution in [0.1, 0.15) is 22.7 Å². The van der Waals surface area contributed by atoms with Gasteiger partial charge in [-0.25, -0.2) is 4.39 Å². The minimum absolute atomic E-state index is 0.245. The predicted molar refractivity (Wildman–Crippen MR) is 76.8 cm³/mol. The molecule has 0 fully saturated rings. The molecule has 1 unspecified atom stereocenters. The van der Waals surface area contributed by atoms with Crippen molar-refractivity contribution in [3.8, 4) is 0 Å². The molecule has 3 N–H and O–H groups in total. The molecule has 0 radical (unpaired) electrons. The fraction of sp³-hybridized carbons (Fsp3) is 0.214. The Morgan fingerprint density at radius 2 is 2.16 bits per heavy atom. The van der Waals surface area contributed by atoms with Gasteiger partial charge in [0.15, 0.2) is 0 Å². The molecule has 0 aliphatic carbocycles. The van der Waals surface area contributed by atoms with E-state index in [1.807, 2.05) is 19.1 Å². The Hall–Kier alpha value is -1.30. The quantitative estimate of drug-likeness (QED) is 0.671. The molecule has 1 aromatic heterocycles. The summed E-state index contributed by atoms with van der Waals surface area (Å²) < 4.78 is 14.8. The highest BCUT2D eigenvalue weighted by molar-refractivity contribution is 9.10. The molecule has 1 heterocycles. The third-order valence-corrected chi connectivity index (χ3v) is 3.37. The number of aryl methyl sites for hydroxylation is 1. The van der Waals surface area contributed by atoms with Gasteiger partial charge < -0.3 is 0 Å². The molecule has 1 aromatic carbocycles. The van der Waals surface area contributed by atoms with Crippen LogP contribution in [0.4, 0.5) is 4.39 Å². The Bertz CT molecular complexity index is 574. The van der Waals surface area contributed by atoms with Crippen molar-refractivity contribution in [3.63, 3.8) is 0 Å². The lowest BCUT2D eigenvalue weighted by atomic mass is 9.99. The van der Waals surface area contributed by atoms with E-state index in [9.17, 15) is 4.39 Å². The van der Waals surface area contributed by atoms with Crippen LogP contribution in [-0.2, 0) is 6.42 Å². The van der Waals surface area contributed by atoms with E-state index in [-0.39, 0.29) is 11.9 Å². The molecule has 3 nitrogen and oxygen atoms in total. The lowest BCUT2D eigenvalue weighted by Crippen LogP contribution is -2.30. The van der Waals surface area contributed by atoms with E-state index in [1.54, 1.807) is 18.5 Å². The van der Waals surface area contributed by atoms with Gasteiger partial charge >= 0.3 is 0 Å². The first kappa shape index (κ1) is 14.1. The largest absolute Gasteiger partial charge is 0.271 e. The first-order valence-electron chi connectivity index (χ1n) is 5.91. The molecule has 1 atom stereocenters. The zero-order valence-electron chi connectivity index (χ0n) is 10.5. The minimum atomic E-state index is -0.281. The Labute approximate surface area is 120 Å². The summed E-state index contributed by atoms with van der Waals surface area (Å²) in [4.78, 5) is 4.09. The number of aromatic nitrogens is 1. The molecule has 0 amide bonds. The van der Waals surface area contributed by atoms with Crippen molar-refractivity contribution in [2.75, 3.05) is 0 Å². The zero-order chi connectivity index (χ0) is 13.8. The molecule has 0 aliphatic heterocycles. The summed E-state index contributed by atoms with van der Waals surface area (Å²) in [5, 5.41) is 0. The number of benzene rings is 1. The Morgan fingerprint density at radius 3 is 2.79 bits per heavy atom. The lowest BCUT2D eigenvalue weighted by molar-refractivity contribution is 0.509. The Kier molecular flexibility index (Phi) is 4.63.